The van der Waals surface area contributed by atoms with Crippen molar-refractivity contribution in [3.63, 3.8) is 0 Å². The average molecular weight is 318 g/mol. The minimum Gasteiger partial charge on any atom is -0.492 e. The molecule has 0 spiro atoms. The molecule has 0 N–H and O–H groups in total. The highest BCUT2D eigenvalue weighted by molar-refractivity contribution is 7.90. The fourth-order valence-corrected chi connectivity index (χ4v) is 3.07. The number of sulfone groups is 1. The van der Waals surface area contributed by atoms with Gasteiger partial charge in [-0.3, -0.25) is 4.98 Å². The molecule has 5 nitrogen and oxygen atoms in total. The van der Waals surface area contributed by atoms with Crippen LogP contribution in [0.25, 0.3) is 0 Å². The number of pyridine rings is 1. The summed E-state index contributed by atoms with van der Waals surface area (Å²) in [5.41, 5.74) is 1.05. The Labute approximate surface area is 130 Å². The Morgan fingerprint density at radius 3 is 2.55 bits per heavy atom. The van der Waals surface area contributed by atoms with Crippen LogP contribution in [-0.4, -0.2) is 39.4 Å². The van der Waals surface area contributed by atoms with Crippen LogP contribution in [0.4, 0.5) is 5.69 Å². The standard InChI is InChI=1S/C16H18N2O3S/c1-22(19,20)16-6-4-14(5-7-16)18-10-13(11-18)12-21-15-3-2-8-17-9-15/h2-9,13H,10-12H2,1H3. The molecule has 0 saturated carbocycles. The van der Waals surface area contributed by atoms with E-state index in [1.165, 1.54) is 6.26 Å². The van der Waals surface area contributed by atoms with Crippen molar-refractivity contribution in [3.05, 3.63) is 48.8 Å². The largest absolute Gasteiger partial charge is 0.492 e. The van der Waals surface area contributed by atoms with Crippen molar-refractivity contribution in [2.75, 3.05) is 30.9 Å². The first-order chi connectivity index (χ1) is 10.5. The number of benzene rings is 1. The number of ether oxygens (including phenoxy) is 1. The molecule has 1 aliphatic heterocycles. The van der Waals surface area contributed by atoms with Crippen LogP contribution in [0.2, 0.25) is 0 Å². The van der Waals surface area contributed by atoms with E-state index < -0.39 is 9.84 Å². The van der Waals surface area contributed by atoms with Crippen LogP contribution in [0.1, 0.15) is 0 Å². The molecule has 22 heavy (non-hydrogen) atoms. The summed E-state index contributed by atoms with van der Waals surface area (Å²) in [6.07, 6.45) is 4.65. The summed E-state index contributed by atoms with van der Waals surface area (Å²) in [5.74, 6) is 1.27. The number of rotatable bonds is 5. The fraction of sp³-hybridized carbons (Fsp3) is 0.312. The molecule has 1 aliphatic rings. The minimum absolute atomic E-state index is 0.355. The summed E-state index contributed by atoms with van der Waals surface area (Å²) in [6.45, 7) is 2.50. The fourth-order valence-electron chi connectivity index (χ4n) is 2.44. The topological polar surface area (TPSA) is 59.5 Å². The van der Waals surface area contributed by atoms with E-state index in [4.69, 9.17) is 4.74 Å². The molecule has 0 bridgehead atoms. The second kappa shape index (κ2) is 5.96. The van der Waals surface area contributed by atoms with Gasteiger partial charge in [-0.05, 0) is 36.4 Å². The SMILES string of the molecule is CS(=O)(=O)c1ccc(N2CC(COc3cccnc3)C2)cc1. The first-order valence-corrected chi connectivity index (χ1v) is 8.99. The van der Waals surface area contributed by atoms with Crippen LogP contribution < -0.4 is 9.64 Å². The second-order valence-electron chi connectivity index (χ2n) is 5.54. The van der Waals surface area contributed by atoms with E-state index >= 15 is 0 Å². The minimum atomic E-state index is -3.13. The Hall–Kier alpha value is -2.08. The summed E-state index contributed by atoms with van der Waals surface area (Å²) in [7, 11) is -3.13. The van der Waals surface area contributed by atoms with Crippen LogP contribution in [0.3, 0.4) is 0 Å². The molecule has 2 heterocycles. The number of hydrogen-bond acceptors (Lipinski definition) is 5. The molecule has 2 aromatic rings. The quantitative estimate of drug-likeness (QED) is 0.844. The molecule has 0 amide bonds. The first-order valence-electron chi connectivity index (χ1n) is 7.10. The smallest absolute Gasteiger partial charge is 0.175 e. The van der Waals surface area contributed by atoms with Gasteiger partial charge >= 0.3 is 0 Å². The zero-order valence-electron chi connectivity index (χ0n) is 12.3. The van der Waals surface area contributed by atoms with E-state index in [9.17, 15) is 8.42 Å². The van der Waals surface area contributed by atoms with Crippen molar-refractivity contribution in [3.8, 4) is 5.75 Å². The van der Waals surface area contributed by atoms with Crippen molar-refractivity contribution < 1.29 is 13.2 Å². The zero-order chi connectivity index (χ0) is 15.6. The number of aromatic nitrogens is 1. The highest BCUT2D eigenvalue weighted by atomic mass is 32.2. The van der Waals surface area contributed by atoms with Crippen molar-refractivity contribution >= 4 is 15.5 Å². The number of anilines is 1. The molecule has 1 aromatic heterocycles. The van der Waals surface area contributed by atoms with Gasteiger partial charge in [0.1, 0.15) is 5.75 Å². The van der Waals surface area contributed by atoms with Gasteiger partial charge in [-0.25, -0.2) is 8.42 Å². The molecular formula is C16H18N2O3S. The summed E-state index contributed by atoms with van der Waals surface area (Å²) in [6, 6.07) is 10.8. The van der Waals surface area contributed by atoms with Gasteiger partial charge in [-0.15, -0.1) is 0 Å². The summed E-state index contributed by atoms with van der Waals surface area (Å²) >= 11 is 0. The third kappa shape index (κ3) is 3.39. The van der Waals surface area contributed by atoms with E-state index in [1.54, 1.807) is 24.5 Å². The summed E-state index contributed by atoms with van der Waals surface area (Å²) in [5, 5.41) is 0. The van der Waals surface area contributed by atoms with Gasteiger partial charge < -0.3 is 9.64 Å². The van der Waals surface area contributed by atoms with Crippen molar-refractivity contribution in [1.29, 1.82) is 0 Å². The molecule has 0 unspecified atom stereocenters. The first kappa shape index (κ1) is 14.8. The molecule has 0 atom stereocenters. The number of nitrogens with zero attached hydrogens (tertiary/aromatic N) is 2. The monoisotopic (exact) mass is 318 g/mol. The van der Waals surface area contributed by atoms with Gasteiger partial charge in [0, 0.05) is 37.1 Å². The van der Waals surface area contributed by atoms with E-state index in [1.807, 2.05) is 24.3 Å². The molecule has 1 fully saturated rings. The molecular weight excluding hydrogens is 300 g/mol. The lowest BCUT2D eigenvalue weighted by atomic mass is 10.0. The zero-order valence-corrected chi connectivity index (χ0v) is 13.2. The molecule has 1 saturated heterocycles. The van der Waals surface area contributed by atoms with Crippen LogP contribution in [0.5, 0.6) is 5.75 Å². The molecule has 116 valence electrons. The Morgan fingerprint density at radius 1 is 1.23 bits per heavy atom. The lowest BCUT2D eigenvalue weighted by Crippen LogP contribution is -2.49. The van der Waals surface area contributed by atoms with E-state index in [2.05, 4.69) is 9.88 Å². The Kier molecular flexibility index (Phi) is 4.02. The molecule has 0 aliphatic carbocycles. The van der Waals surface area contributed by atoms with Crippen molar-refractivity contribution in [2.24, 2.45) is 5.92 Å². The highest BCUT2D eigenvalue weighted by Crippen LogP contribution is 2.26. The van der Waals surface area contributed by atoms with Crippen LogP contribution in [0.15, 0.2) is 53.7 Å². The average Bonchev–Trinajstić information content (AvgIpc) is 2.46. The maximum Gasteiger partial charge on any atom is 0.175 e. The van der Waals surface area contributed by atoms with Gasteiger partial charge in [0.25, 0.3) is 0 Å². The molecule has 6 heteroatoms. The number of hydrogen-bond donors (Lipinski definition) is 0. The second-order valence-corrected chi connectivity index (χ2v) is 7.55. The van der Waals surface area contributed by atoms with E-state index in [0.29, 0.717) is 17.4 Å². The maximum absolute atomic E-state index is 11.4. The van der Waals surface area contributed by atoms with E-state index in [0.717, 1.165) is 24.5 Å². The van der Waals surface area contributed by atoms with Crippen molar-refractivity contribution in [1.82, 2.24) is 4.98 Å². The van der Waals surface area contributed by atoms with Gasteiger partial charge in [0.2, 0.25) is 0 Å². The highest BCUT2D eigenvalue weighted by Gasteiger charge is 2.27. The molecule has 3 rings (SSSR count). The predicted molar refractivity (Wildman–Crippen MR) is 85.0 cm³/mol. The Balaban J connectivity index is 1.51. The van der Waals surface area contributed by atoms with Crippen LogP contribution in [-0.2, 0) is 9.84 Å². The lowest BCUT2D eigenvalue weighted by molar-refractivity contribution is 0.220. The lowest BCUT2D eigenvalue weighted by Gasteiger charge is -2.40. The van der Waals surface area contributed by atoms with Gasteiger partial charge in [0.05, 0.1) is 17.7 Å². The molecule has 1 aromatic carbocycles. The molecule has 0 radical (unpaired) electrons. The van der Waals surface area contributed by atoms with Gasteiger partial charge in [-0.1, -0.05) is 0 Å². The summed E-state index contributed by atoms with van der Waals surface area (Å²) in [4.78, 5) is 6.58. The van der Waals surface area contributed by atoms with Crippen LogP contribution >= 0.6 is 0 Å². The Morgan fingerprint density at radius 2 is 1.95 bits per heavy atom. The van der Waals surface area contributed by atoms with Gasteiger partial charge in [-0.2, -0.15) is 0 Å². The summed E-state index contributed by atoms with van der Waals surface area (Å²) < 4.78 is 28.6. The Bertz CT molecular complexity index is 724. The predicted octanol–water partition coefficient (Wildman–Crippen LogP) is 2.00. The third-order valence-electron chi connectivity index (χ3n) is 3.71. The normalized spacial score (nSPS) is 15.4. The van der Waals surface area contributed by atoms with Crippen molar-refractivity contribution in [2.45, 2.75) is 4.90 Å². The third-order valence-corrected chi connectivity index (χ3v) is 4.84. The van der Waals surface area contributed by atoms with Gasteiger partial charge in [0.15, 0.2) is 9.84 Å². The van der Waals surface area contributed by atoms with Crippen LogP contribution in [0, 0.1) is 5.92 Å². The maximum atomic E-state index is 11.4. The van der Waals surface area contributed by atoms with E-state index in [-0.39, 0.29) is 0 Å².